The van der Waals surface area contributed by atoms with Crippen LogP contribution < -0.4 is 4.74 Å². The standard InChI is InChI=1S/C16H12N2O3/c1-21-12-8-6-11(7-9-12)15-10-16(18(19)20)13-4-2-3-5-14(13)17-15/h2-10H,1H3. The van der Waals surface area contributed by atoms with Gasteiger partial charge in [0.25, 0.3) is 5.69 Å². The molecule has 0 saturated heterocycles. The zero-order valence-corrected chi connectivity index (χ0v) is 11.3. The van der Waals surface area contributed by atoms with Gasteiger partial charge in [-0.05, 0) is 36.4 Å². The Morgan fingerprint density at radius 1 is 1.10 bits per heavy atom. The van der Waals surface area contributed by atoms with Gasteiger partial charge in [-0.3, -0.25) is 10.1 Å². The van der Waals surface area contributed by atoms with Crippen LogP contribution in [0.2, 0.25) is 0 Å². The number of benzene rings is 2. The van der Waals surface area contributed by atoms with Gasteiger partial charge in [0.1, 0.15) is 5.75 Å². The van der Waals surface area contributed by atoms with Crippen molar-refractivity contribution in [3.8, 4) is 17.0 Å². The van der Waals surface area contributed by atoms with Crippen LogP contribution in [0, 0.1) is 10.1 Å². The van der Waals surface area contributed by atoms with Gasteiger partial charge in [0.15, 0.2) is 0 Å². The first-order valence-corrected chi connectivity index (χ1v) is 6.37. The van der Waals surface area contributed by atoms with Crippen molar-refractivity contribution >= 4 is 16.6 Å². The summed E-state index contributed by atoms with van der Waals surface area (Å²) < 4.78 is 5.11. The third kappa shape index (κ3) is 2.41. The molecule has 0 spiro atoms. The fourth-order valence-electron chi connectivity index (χ4n) is 2.22. The summed E-state index contributed by atoms with van der Waals surface area (Å²) >= 11 is 0. The van der Waals surface area contributed by atoms with Crippen LogP contribution in [-0.4, -0.2) is 17.0 Å². The smallest absolute Gasteiger partial charge is 0.280 e. The predicted octanol–water partition coefficient (Wildman–Crippen LogP) is 3.82. The fourth-order valence-corrected chi connectivity index (χ4v) is 2.22. The van der Waals surface area contributed by atoms with Gasteiger partial charge in [-0.2, -0.15) is 0 Å². The number of ether oxygens (including phenoxy) is 1. The molecule has 3 aromatic rings. The maximum Gasteiger partial charge on any atom is 0.280 e. The van der Waals surface area contributed by atoms with Crippen molar-refractivity contribution in [2.24, 2.45) is 0 Å². The van der Waals surface area contributed by atoms with E-state index >= 15 is 0 Å². The van der Waals surface area contributed by atoms with E-state index in [1.807, 2.05) is 18.2 Å². The minimum absolute atomic E-state index is 0.0615. The average Bonchev–Trinajstić information content (AvgIpc) is 2.53. The van der Waals surface area contributed by atoms with Crippen LogP contribution in [0.4, 0.5) is 5.69 Å². The Kier molecular flexibility index (Phi) is 3.23. The molecule has 0 unspecified atom stereocenters. The molecular weight excluding hydrogens is 268 g/mol. The lowest BCUT2D eigenvalue weighted by Gasteiger charge is -2.05. The molecule has 5 nitrogen and oxygen atoms in total. The Morgan fingerprint density at radius 2 is 1.81 bits per heavy atom. The third-order valence-electron chi connectivity index (χ3n) is 3.28. The molecule has 1 heterocycles. The number of nitrogens with zero attached hydrogens (tertiary/aromatic N) is 2. The van der Waals surface area contributed by atoms with Crippen LogP contribution >= 0.6 is 0 Å². The van der Waals surface area contributed by atoms with Gasteiger partial charge in [0.05, 0.1) is 28.6 Å². The summed E-state index contributed by atoms with van der Waals surface area (Å²) in [6.45, 7) is 0. The largest absolute Gasteiger partial charge is 0.497 e. The van der Waals surface area contributed by atoms with E-state index in [1.54, 1.807) is 37.4 Å². The third-order valence-corrected chi connectivity index (χ3v) is 3.28. The molecule has 2 aromatic carbocycles. The molecule has 0 radical (unpaired) electrons. The van der Waals surface area contributed by atoms with E-state index in [2.05, 4.69) is 4.98 Å². The number of para-hydroxylation sites is 1. The highest BCUT2D eigenvalue weighted by Gasteiger charge is 2.15. The average molecular weight is 280 g/mol. The SMILES string of the molecule is COc1ccc(-c2cc([N+](=O)[O-])c3ccccc3n2)cc1. The lowest BCUT2D eigenvalue weighted by molar-refractivity contribution is -0.383. The van der Waals surface area contributed by atoms with Crippen LogP contribution in [0.15, 0.2) is 54.6 Å². The Morgan fingerprint density at radius 3 is 2.48 bits per heavy atom. The predicted molar refractivity (Wildman–Crippen MR) is 80.4 cm³/mol. The highest BCUT2D eigenvalue weighted by molar-refractivity contribution is 5.90. The highest BCUT2D eigenvalue weighted by Crippen LogP contribution is 2.30. The number of nitro groups is 1. The monoisotopic (exact) mass is 280 g/mol. The van der Waals surface area contributed by atoms with Gasteiger partial charge in [-0.1, -0.05) is 12.1 Å². The van der Waals surface area contributed by atoms with E-state index in [4.69, 9.17) is 4.74 Å². The van der Waals surface area contributed by atoms with Gasteiger partial charge in [-0.15, -0.1) is 0 Å². The zero-order valence-electron chi connectivity index (χ0n) is 11.3. The van der Waals surface area contributed by atoms with Crippen molar-refractivity contribution in [3.63, 3.8) is 0 Å². The lowest BCUT2D eigenvalue weighted by atomic mass is 10.1. The van der Waals surface area contributed by atoms with Crippen molar-refractivity contribution in [2.45, 2.75) is 0 Å². The minimum atomic E-state index is -0.378. The molecule has 0 bridgehead atoms. The van der Waals surface area contributed by atoms with Crippen LogP contribution in [0.3, 0.4) is 0 Å². The van der Waals surface area contributed by atoms with Crippen LogP contribution in [0.25, 0.3) is 22.2 Å². The van der Waals surface area contributed by atoms with E-state index in [0.717, 1.165) is 11.3 Å². The Labute approximate surface area is 121 Å². The number of hydrogen-bond donors (Lipinski definition) is 0. The number of pyridine rings is 1. The van der Waals surface area contributed by atoms with E-state index in [9.17, 15) is 10.1 Å². The molecule has 21 heavy (non-hydrogen) atoms. The molecule has 0 saturated carbocycles. The molecule has 5 heteroatoms. The summed E-state index contributed by atoms with van der Waals surface area (Å²) in [6.07, 6.45) is 0. The molecule has 1 aromatic heterocycles. The quantitative estimate of drug-likeness (QED) is 0.540. The molecule has 0 aliphatic rings. The van der Waals surface area contributed by atoms with Crippen molar-refractivity contribution in [1.29, 1.82) is 0 Å². The van der Waals surface area contributed by atoms with Crippen LogP contribution in [0.1, 0.15) is 0 Å². The zero-order chi connectivity index (χ0) is 14.8. The van der Waals surface area contributed by atoms with E-state index in [-0.39, 0.29) is 10.6 Å². The first-order chi connectivity index (χ1) is 10.2. The maximum absolute atomic E-state index is 11.3. The second kappa shape index (κ2) is 5.20. The van der Waals surface area contributed by atoms with E-state index in [0.29, 0.717) is 16.6 Å². The lowest BCUT2D eigenvalue weighted by Crippen LogP contribution is -1.94. The normalized spacial score (nSPS) is 10.5. The summed E-state index contributed by atoms with van der Waals surface area (Å²) in [5, 5.41) is 11.8. The van der Waals surface area contributed by atoms with Crippen molar-refractivity contribution in [1.82, 2.24) is 4.98 Å². The van der Waals surface area contributed by atoms with Crippen molar-refractivity contribution in [2.75, 3.05) is 7.11 Å². The maximum atomic E-state index is 11.3. The molecule has 0 atom stereocenters. The van der Waals surface area contributed by atoms with Gasteiger partial charge in [0, 0.05) is 11.6 Å². The first-order valence-electron chi connectivity index (χ1n) is 6.37. The van der Waals surface area contributed by atoms with Gasteiger partial charge < -0.3 is 4.74 Å². The van der Waals surface area contributed by atoms with E-state index < -0.39 is 0 Å². The molecule has 0 amide bonds. The van der Waals surface area contributed by atoms with Crippen LogP contribution in [-0.2, 0) is 0 Å². The molecule has 0 fully saturated rings. The number of methoxy groups -OCH3 is 1. The van der Waals surface area contributed by atoms with Gasteiger partial charge in [0.2, 0.25) is 0 Å². The Hall–Kier alpha value is -2.95. The minimum Gasteiger partial charge on any atom is -0.497 e. The second-order valence-corrected chi connectivity index (χ2v) is 4.53. The van der Waals surface area contributed by atoms with Crippen LogP contribution in [0.5, 0.6) is 5.75 Å². The van der Waals surface area contributed by atoms with Gasteiger partial charge >= 0.3 is 0 Å². The Bertz CT molecular complexity index is 813. The summed E-state index contributed by atoms with van der Waals surface area (Å²) in [5.74, 6) is 0.731. The number of rotatable bonds is 3. The molecule has 0 N–H and O–H groups in total. The molecule has 0 aliphatic carbocycles. The number of fused-ring (bicyclic) bond motifs is 1. The summed E-state index contributed by atoms with van der Waals surface area (Å²) in [5.41, 5.74) is 2.05. The number of hydrogen-bond acceptors (Lipinski definition) is 4. The molecular formula is C16H12N2O3. The summed E-state index contributed by atoms with van der Waals surface area (Å²) in [6, 6.07) is 15.8. The molecule has 3 rings (SSSR count). The summed E-state index contributed by atoms with van der Waals surface area (Å²) in [4.78, 5) is 15.4. The fraction of sp³-hybridized carbons (Fsp3) is 0.0625. The number of aromatic nitrogens is 1. The molecule has 0 aliphatic heterocycles. The topological polar surface area (TPSA) is 65.3 Å². The van der Waals surface area contributed by atoms with Crippen molar-refractivity contribution in [3.05, 3.63) is 64.7 Å². The molecule has 104 valence electrons. The first kappa shape index (κ1) is 13.1. The van der Waals surface area contributed by atoms with E-state index in [1.165, 1.54) is 6.07 Å². The summed E-state index contributed by atoms with van der Waals surface area (Å²) in [7, 11) is 1.59. The van der Waals surface area contributed by atoms with Crippen molar-refractivity contribution < 1.29 is 9.66 Å². The second-order valence-electron chi connectivity index (χ2n) is 4.53. The van der Waals surface area contributed by atoms with Gasteiger partial charge in [-0.25, -0.2) is 4.98 Å². The highest BCUT2D eigenvalue weighted by atomic mass is 16.6. The Balaban J connectivity index is 2.20.